The van der Waals surface area contributed by atoms with Crippen molar-refractivity contribution in [1.82, 2.24) is 0 Å². The molecule has 0 aromatic heterocycles. The molecule has 0 atom stereocenters. The Labute approximate surface area is 94.1 Å². The van der Waals surface area contributed by atoms with Gasteiger partial charge in [-0.15, -0.1) is 0 Å². The van der Waals surface area contributed by atoms with Gasteiger partial charge in [-0.05, 0) is 41.6 Å². The normalized spacial score (nSPS) is 14.9. The van der Waals surface area contributed by atoms with Gasteiger partial charge in [0.25, 0.3) is 5.24 Å². The molecular weight excluding hydrogens is 208 g/mol. The number of allylic oxidation sites excluding steroid dienone is 4. The molecule has 1 aromatic carbocycles. The van der Waals surface area contributed by atoms with Crippen LogP contribution < -0.4 is 0 Å². The van der Waals surface area contributed by atoms with Gasteiger partial charge in [0, 0.05) is 5.56 Å². The quantitative estimate of drug-likeness (QED) is 0.690. The molecule has 76 valence electrons. The van der Waals surface area contributed by atoms with Crippen LogP contribution in [0.15, 0.2) is 42.5 Å². The van der Waals surface area contributed by atoms with Crippen LogP contribution in [-0.4, -0.2) is 5.24 Å². The van der Waals surface area contributed by atoms with E-state index in [0.29, 0.717) is 5.56 Å². The highest BCUT2D eigenvalue weighted by molar-refractivity contribution is 6.68. The molecule has 0 bridgehead atoms. The Kier molecular flexibility index (Phi) is 3.02. The SMILES string of the molecule is O=C(Cl)c1ccccc1C1=CC=CCC1. The average molecular weight is 219 g/mol. The zero-order valence-corrected chi connectivity index (χ0v) is 9.00. The molecule has 2 heteroatoms. The lowest BCUT2D eigenvalue weighted by Crippen LogP contribution is -1.97. The van der Waals surface area contributed by atoms with E-state index in [4.69, 9.17) is 11.6 Å². The highest BCUT2D eigenvalue weighted by atomic mass is 35.5. The Balaban J connectivity index is 2.47. The third kappa shape index (κ3) is 2.18. The zero-order valence-electron chi connectivity index (χ0n) is 8.24. The first-order chi connectivity index (χ1) is 7.29. The van der Waals surface area contributed by atoms with Crippen molar-refractivity contribution in [3.63, 3.8) is 0 Å². The summed E-state index contributed by atoms with van der Waals surface area (Å²) in [5, 5.41) is -0.388. The van der Waals surface area contributed by atoms with E-state index in [1.807, 2.05) is 30.4 Å². The molecule has 0 unspecified atom stereocenters. The molecule has 0 amide bonds. The number of carbonyl (C=O) groups excluding carboxylic acids is 1. The van der Waals surface area contributed by atoms with Crippen molar-refractivity contribution in [1.29, 1.82) is 0 Å². The Morgan fingerprint density at radius 3 is 2.73 bits per heavy atom. The number of hydrogen-bond acceptors (Lipinski definition) is 1. The molecule has 1 aromatic rings. The lowest BCUT2D eigenvalue weighted by molar-refractivity contribution is 0.108. The van der Waals surface area contributed by atoms with E-state index >= 15 is 0 Å². The van der Waals surface area contributed by atoms with E-state index in [1.54, 1.807) is 6.07 Å². The Morgan fingerprint density at radius 1 is 1.27 bits per heavy atom. The molecule has 0 heterocycles. The van der Waals surface area contributed by atoms with Crippen LogP contribution in [0, 0.1) is 0 Å². The van der Waals surface area contributed by atoms with Gasteiger partial charge >= 0.3 is 0 Å². The minimum absolute atomic E-state index is 0.388. The van der Waals surface area contributed by atoms with Gasteiger partial charge in [0.05, 0.1) is 0 Å². The van der Waals surface area contributed by atoms with E-state index < -0.39 is 0 Å². The second kappa shape index (κ2) is 4.45. The largest absolute Gasteiger partial charge is 0.276 e. The molecule has 1 nitrogen and oxygen atoms in total. The van der Waals surface area contributed by atoms with Crippen LogP contribution in [0.2, 0.25) is 0 Å². The summed E-state index contributed by atoms with van der Waals surface area (Å²) in [6, 6.07) is 7.47. The van der Waals surface area contributed by atoms with Crippen molar-refractivity contribution >= 4 is 22.4 Å². The summed E-state index contributed by atoms with van der Waals surface area (Å²) < 4.78 is 0. The first-order valence-corrected chi connectivity index (χ1v) is 5.32. The number of halogens is 1. The molecule has 0 spiro atoms. The summed E-state index contributed by atoms with van der Waals surface area (Å²) in [5.41, 5.74) is 2.74. The van der Waals surface area contributed by atoms with E-state index in [2.05, 4.69) is 6.08 Å². The maximum Gasteiger partial charge on any atom is 0.253 e. The molecule has 0 radical (unpaired) electrons. The van der Waals surface area contributed by atoms with Crippen molar-refractivity contribution < 1.29 is 4.79 Å². The van der Waals surface area contributed by atoms with Gasteiger partial charge < -0.3 is 0 Å². The minimum Gasteiger partial charge on any atom is -0.276 e. The fourth-order valence-electron chi connectivity index (χ4n) is 1.76. The van der Waals surface area contributed by atoms with E-state index in [-0.39, 0.29) is 5.24 Å². The molecule has 0 saturated heterocycles. The van der Waals surface area contributed by atoms with Gasteiger partial charge in [0.1, 0.15) is 0 Å². The van der Waals surface area contributed by atoms with Crippen molar-refractivity contribution in [2.24, 2.45) is 0 Å². The molecule has 1 aliphatic carbocycles. The lowest BCUT2D eigenvalue weighted by atomic mass is 9.94. The third-order valence-corrected chi connectivity index (χ3v) is 2.70. The minimum atomic E-state index is -0.388. The number of benzene rings is 1. The van der Waals surface area contributed by atoms with Crippen LogP contribution in [0.3, 0.4) is 0 Å². The summed E-state index contributed by atoms with van der Waals surface area (Å²) in [7, 11) is 0. The molecule has 2 rings (SSSR count). The first kappa shape index (κ1) is 10.2. The molecule has 0 aliphatic heterocycles. The summed E-state index contributed by atoms with van der Waals surface area (Å²) >= 11 is 5.54. The van der Waals surface area contributed by atoms with E-state index in [1.165, 1.54) is 5.57 Å². The third-order valence-electron chi connectivity index (χ3n) is 2.50. The van der Waals surface area contributed by atoms with Crippen molar-refractivity contribution in [2.45, 2.75) is 12.8 Å². The van der Waals surface area contributed by atoms with Crippen molar-refractivity contribution in [2.75, 3.05) is 0 Å². The molecule has 1 aliphatic rings. The number of carbonyl (C=O) groups is 1. The Bertz CT molecular complexity index is 444. The first-order valence-electron chi connectivity index (χ1n) is 4.94. The van der Waals surface area contributed by atoms with Gasteiger partial charge in [-0.25, -0.2) is 0 Å². The van der Waals surface area contributed by atoms with Gasteiger partial charge in [-0.3, -0.25) is 4.79 Å². The standard InChI is InChI=1S/C13H11ClO/c14-13(15)12-9-5-4-8-11(12)10-6-2-1-3-7-10/h1-2,4-6,8-9H,3,7H2. The van der Waals surface area contributed by atoms with Crippen LogP contribution in [0.25, 0.3) is 5.57 Å². The number of rotatable bonds is 2. The topological polar surface area (TPSA) is 17.1 Å². The Hall–Kier alpha value is -1.34. The summed E-state index contributed by atoms with van der Waals surface area (Å²) in [4.78, 5) is 11.2. The maximum absolute atomic E-state index is 11.2. The average Bonchev–Trinajstić information content (AvgIpc) is 2.30. The van der Waals surface area contributed by atoms with E-state index in [9.17, 15) is 4.79 Å². The fourth-order valence-corrected chi connectivity index (χ4v) is 1.93. The molecule has 15 heavy (non-hydrogen) atoms. The highest BCUT2D eigenvalue weighted by Crippen LogP contribution is 2.27. The van der Waals surface area contributed by atoms with Crippen LogP contribution in [-0.2, 0) is 0 Å². The Morgan fingerprint density at radius 2 is 2.07 bits per heavy atom. The van der Waals surface area contributed by atoms with Gasteiger partial charge in [0.15, 0.2) is 0 Å². The van der Waals surface area contributed by atoms with E-state index in [0.717, 1.165) is 18.4 Å². The van der Waals surface area contributed by atoms with Crippen molar-refractivity contribution in [3.8, 4) is 0 Å². The molecular formula is C13H11ClO. The van der Waals surface area contributed by atoms with Crippen LogP contribution >= 0.6 is 11.6 Å². The fraction of sp³-hybridized carbons (Fsp3) is 0.154. The number of hydrogen-bond donors (Lipinski definition) is 0. The van der Waals surface area contributed by atoms with Gasteiger partial charge in [-0.2, -0.15) is 0 Å². The second-order valence-corrected chi connectivity index (χ2v) is 3.82. The zero-order chi connectivity index (χ0) is 10.7. The predicted molar refractivity (Wildman–Crippen MR) is 63.0 cm³/mol. The second-order valence-electron chi connectivity index (χ2n) is 3.48. The van der Waals surface area contributed by atoms with Gasteiger partial charge in [0.2, 0.25) is 0 Å². The predicted octanol–water partition coefficient (Wildman–Crippen LogP) is 3.80. The summed E-state index contributed by atoms with van der Waals surface area (Å²) in [5.74, 6) is 0. The maximum atomic E-state index is 11.2. The van der Waals surface area contributed by atoms with Crippen molar-refractivity contribution in [3.05, 3.63) is 53.6 Å². The van der Waals surface area contributed by atoms with Crippen LogP contribution in [0.5, 0.6) is 0 Å². The van der Waals surface area contributed by atoms with Crippen LogP contribution in [0.1, 0.15) is 28.8 Å². The lowest BCUT2D eigenvalue weighted by Gasteiger charge is -2.11. The molecule has 0 N–H and O–H groups in total. The highest BCUT2D eigenvalue weighted by Gasteiger charge is 2.11. The summed E-state index contributed by atoms with van der Waals surface area (Å²) in [6.07, 6.45) is 8.18. The molecule has 0 fully saturated rings. The smallest absolute Gasteiger partial charge is 0.253 e. The summed E-state index contributed by atoms with van der Waals surface area (Å²) in [6.45, 7) is 0. The monoisotopic (exact) mass is 218 g/mol. The van der Waals surface area contributed by atoms with Gasteiger partial charge in [-0.1, -0.05) is 36.4 Å². The van der Waals surface area contributed by atoms with Crippen LogP contribution in [0.4, 0.5) is 0 Å². The molecule has 0 saturated carbocycles.